The average Bonchev–Trinajstić information content (AvgIpc) is 2.84. The number of benzene rings is 3. The van der Waals surface area contributed by atoms with Gasteiger partial charge in [-0.1, -0.05) is 67.1 Å². The molecule has 4 rings (SSSR count). The van der Waals surface area contributed by atoms with Gasteiger partial charge in [0.15, 0.2) is 0 Å². The predicted octanol–water partition coefficient (Wildman–Crippen LogP) is 4.37. The number of carbonyl (C=O) groups excluding carboxylic acids is 1. The first-order valence-electron chi connectivity index (χ1n) is 11.4. The first kappa shape index (κ1) is 24.0. The zero-order valence-corrected chi connectivity index (χ0v) is 20.3. The van der Waals surface area contributed by atoms with Crippen LogP contribution in [0.4, 0.5) is 0 Å². The molecule has 3 aromatic carbocycles. The van der Waals surface area contributed by atoms with Crippen LogP contribution >= 0.6 is 0 Å². The summed E-state index contributed by atoms with van der Waals surface area (Å²) in [5.41, 5.74) is 2.32. The van der Waals surface area contributed by atoms with Crippen molar-refractivity contribution in [3.8, 4) is 5.75 Å². The molecule has 0 heterocycles. The standard InChI is InChI=1S/C27H30N2O4S/c1-29(19-21-10-5-3-6-11-21)34(31,32)25-18-22(14-15-24(25)33-2)26(30)28-20-27(16-9-17-27)23-12-7-4-8-13-23/h3-8,10-15,18H,9,16-17,19-20H2,1-2H3,(H,28,30). The number of ether oxygens (including phenoxy) is 1. The molecule has 1 fully saturated rings. The Morgan fingerprint density at radius 3 is 2.24 bits per heavy atom. The molecule has 0 atom stereocenters. The molecule has 0 aromatic heterocycles. The third-order valence-corrected chi connectivity index (χ3v) is 8.47. The van der Waals surface area contributed by atoms with Crippen LogP contribution in [0.1, 0.15) is 40.7 Å². The fourth-order valence-corrected chi connectivity index (χ4v) is 5.76. The topological polar surface area (TPSA) is 75.7 Å². The quantitative estimate of drug-likeness (QED) is 0.496. The minimum atomic E-state index is -3.89. The van der Waals surface area contributed by atoms with E-state index in [1.807, 2.05) is 48.5 Å². The molecule has 1 aliphatic rings. The number of hydrogen-bond donors (Lipinski definition) is 1. The molecule has 34 heavy (non-hydrogen) atoms. The molecule has 0 unspecified atom stereocenters. The zero-order chi connectivity index (χ0) is 24.2. The lowest BCUT2D eigenvalue weighted by Crippen LogP contribution is -2.45. The monoisotopic (exact) mass is 478 g/mol. The first-order valence-corrected chi connectivity index (χ1v) is 12.8. The van der Waals surface area contributed by atoms with Crippen molar-refractivity contribution in [3.63, 3.8) is 0 Å². The van der Waals surface area contributed by atoms with Gasteiger partial charge in [-0.05, 0) is 42.2 Å². The molecule has 178 valence electrons. The smallest absolute Gasteiger partial charge is 0.251 e. The summed E-state index contributed by atoms with van der Waals surface area (Å²) in [7, 11) is -0.943. The Bertz CT molecular complexity index is 1240. The van der Waals surface area contributed by atoms with Gasteiger partial charge in [-0.15, -0.1) is 0 Å². The van der Waals surface area contributed by atoms with E-state index in [0.717, 1.165) is 24.8 Å². The number of carbonyl (C=O) groups is 1. The van der Waals surface area contributed by atoms with Gasteiger partial charge in [-0.3, -0.25) is 4.79 Å². The van der Waals surface area contributed by atoms with E-state index >= 15 is 0 Å². The maximum absolute atomic E-state index is 13.4. The van der Waals surface area contributed by atoms with Crippen LogP contribution in [0.5, 0.6) is 5.75 Å². The second kappa shape index (κ2) is 9.99. The normalized spacial score (nSPS) is 14.9. The number of hydrogen-bond acceptors (Lipinski definition) is 4. The Morgan fingerprint density at radius 2 is 1.65 bits per heavy atom. The molecule has 0 saturated heterocycles. The molecule has 0 aliphatic heterocycles. The van der Waals surface area contributed by atoms with Crippen LogP contribution in [0.2, 0.25) is 0 Å². The minimum Gasteiger partial charge on any atom is -0.495 e. The van der Waals surface area contributed by atoms with Gasteiger partial charge in [0.25, 0.3) is 5.91 Å². The predicted molar refractivity (Wildman–Crippen MR) is 132 cm³/mol. The van der Waals surface area contributed by atoms with Crippen LogP contribution in [0.15, 0.2) is 83.8 Å². The molecule has 7 heteroatoms. The van der Waals surface area contributed by atoms with E-state index in [1.165, 1.54) is 36.2 Å². The summed E-state index contributed by atoms with van der Waals surface area (Å²) in [6.45, 7) is 0.722. The number of nitrogens with one attached hydrogen (secondary N) is 1. The molecule has 0 spiro atoms. The highest BCUT2D eigenvalue weighted by atomic mass is 32.2. The van der Waals surface area contributed by atoms with E-state index in [9.17, 15) is 13.2 Å². The Hall–Kier alpha value is -3.16. The lowest BCUT2D eigenvalue weighted by molar-refractivity contribution is 0.0927. The van der Waals surface area contributed by atoms with Crippen LogP contribution in [0.25, 0.3) is 0 Å². The molecule has 1 aliphatic carbocycles. The Balaban J connectivity index is 1.54. The number of nitrogens with zero attached hydrogens (tertiary/aromatic N) is 1. The summed E-state index contributed by atoms with van der Waals surface area (Å²) in [6.07, 6.45) is 3.16. The number of rotatable bonds is 9. The SMILES string of the molecule is COc1ccc(C(=O)NCC2(c3ccccc3)CCC2)cc1S(=O)(=O)N(C)Cc1ccccc1. The first-order chi connectivity index (χ1) is 16.4. The van der Waals surface area contributed by atoms with Crippen molar-refractivity contribution in [2.45, 2.75) is 36.1 Å². The van der Waals surface area contributed by atoms with Crippen molar-refractivity contribution in [1.29, 1.82) is 0 Å². The van der Waals surface area contributed by atoms with Gasteiger partial charge in [-0.2, -0.15) is 4.31 Å². The minimum absolute atomic E-state index is 0.0255. The van der Waals surface area contributed by atoms with Crippen molar-refractivity contribution in [2.75, 3.05) is 20.7 Å². The zero-order valence-electron chi connectivity index (χ0n) is 19.5. The molecule has 6 nitrogen and oxygen atoms in total. The maximum Gasteiger partial charge on any atom is 0.251 e. The number of methoxy groups -OCH3 is 1. The van der Waals surface area contributed by atoms with Crippen LogP contribution in [0, 0.1) is 0 Å². The highest BCUT2D eigenvalue weighted by Crippen LogP contribution is 2.43. The molecule has 1 saturated carbocycles. The van der Waals surface area contributed by atoms with Gasteiger partial charge in [0.05, 0.1) is 7.11 Å². The highest BCUT2D eigenvalue weighted by Gasteiger charge is 2.38. The Labute approximate surface area is 201 Å². The molecule has 1 N–H and O–H groups in total. The summed E-state index contributed by atoms with van der Waals surface area (Å²) in [5, 5.41) is 3.04. The van der Waals surface area contributed by atoms with Crippen molar-refractivity contribution < 1.29 is 17.9 Å². The van der Waals surface area contributed by atoms with E-state index in [2.05, 4.69) is 17.4 Å². The third-order valence-electron chi connectivity index (χ3n) is 6.65. The molecule has 0 bridgehead atoms. The van der Waals surface area contributed by atoms with Crippen LogP contribution in [-0.4, -0.2) is 39.3 Å². The molecular weight excluding hydrogens is 448 g/mol. The van der Waals surface area contributed by atoms with Gasteiger partial charge in [0.1, 0.15) is 10.6 Å². The second-order valence-electron chi connectivity index (χ2n) is 8.79. The average molecular weight is 479 g/mol. The van der Waals surface area contributed by atoms with Crippen molar-refractivity contribution in [2.24, 2.45) is 0 Å². The summed E-state index contributed by atoms with van der Waals surface area (Å²) in [5.74, 6) is -0.0942. The number of amides is 1. The van der Waals surface area contributed by atoms with Crippen LogP contribution < -0.4 is 10.1 Å². The van der Waals surface area contributed by atoms with Gasteiger partial charge >= 0.3 is 0 Å². The molecule has 1 amide bonds. The second-order valence-corrected chi connectivity index (χ2v) is 10.8. The number of sulfonamides is 1. The fourth-order valence-electron chi connectivity index (χ4n) is 4.43. The van der Waals surface area contributed by atoms with Gasteiger partial charge in [-0.25, -0.2) is 8.42 Å². The van der Waals surface area contributed by atoms with Gasteiger partial charge in [0, 0.05) is 31.1 Å². The van der Waals surface area contributed by atoms with E-state index in [4.69, 9.17) is 4.74 Å². The van der Waals surface area contributed by atoms with E-state index < -0.39 is 10.0 Å². The van der Waals surface area contributed by atoms with E-state index in [0.29, 0.717) is 6.54 Å². The van der Waals surface area contributed by atoms with E-state index in [-0.39, 0.29) is 34.1 Å². The van der Waals surface area contributed by atoms with Crippen molar-refractivity contribution in [3.05, 3.63) is 95.6 Å². The van der Waals surface area contributed by atoms with Crippen molar-refractivity contribution in [1.82, 2.24) is 9.62 Å². The summed E-state index contributed by atoms with van der Waals surface area (Å²) >= 11 is 0. The lowest BCUT2D eigenvalue weighted by Gasteiger charge is -2.42. The maximum atomic E-state index is 13.4. The van der Waals surface area contributed by atoms with Gasteiger partial charge in [0.2, 0.25) is 10.0 Å². The third kappa shape index (κ3) is 4.86. The van der Waals surface area contributed by atoms with E-state index in [1.54, 1.807) is 6.07 Å². The largest absolute Gasteiger partial charge is 0.495 e. The lowest BCUT2D eigenvalue weighted by atomic mass is 9.64. The molecular formula is C27H30N2O4S. The van der Waals surface area contributed by atoms with Crippen molar-refractivity contribution >= 4 is 15.9 Å². The Morgan fingerprint density at radius 1 is 1.00 bits per heavy atom. The van der Waals surface area contributed by atoms with Crippen LogP contribution in [-0.2, 0) is 22.0 Å². The Kier molecular flexibility index (Phi) is 7.05. The van der Waals surface area contributed by atoms with Gasteiger partial charge < -0.3 is 10.1 Å². The highest BCUT2D eigenvalue weighted by molar-refractivity contribution is 7.89. The summed E-state index contributed by atoms with van der Waals surface area (Å²) in [6, 6.07) is 24.1. The fraction of sp³-hybridized carbons (Fsp3) is 0.296. The molecule has 3 aromatic rings. The summed E-state index contributed by atoms with van der Waals surface area (Å²) in [4.78, 5) is 13.0. The van der Waals surface area contributed by atoms with Crippen LogP contribution in [0.3, 0.4) is 0 Å². The molecule has 0 radical (unpaired) electrons. The summed E-state index contributed by atoms with van der Waals surface area (Å²) < 4.78 is 33.3.